The predicted molar refractivity (Wildman–Crippen MR) is 120 cm³/mol. The number of rotatable bonds is 6. The number of thioether (sulfide) groups is 1. The number of carbonyl (C=O) groups is 1. The molecule has 0 aliphatic rings. The van der Waals surface area contributed by atoms with Gasteiger partial charge in [-0.3, -0.25) is 14.7 Å². The van der Waals surface area contributed by atoms with Crippen molar-refractivity contribution in [1.29, 1.82) is 0 Å². The molecule has 0 aliphatic heterocycles. The lowest BCUT2D eigenvalue weighted by molar-refractivity contribution is 0.241. The summed E-state index contributed by atoms with van der Waals surface area (Å²) in [5.41, 5.74) is 4.64. The lowest BCUT2D eigenvalue weighted by Crippen LogP contribution is -2.26. The molecule has 0 fully saturated rings. The molecule has 1 heterocycles. The van der Waals surface area contributed by atoms with Gasteiger partial charge in [-0.25, -0.2) is 0 Å². The largest absolute Gasteiger partial charge is 0.339 e. The molecule has 5 heteroatoms. The number of aryl methyl sites for hydroxylation is 1. The van der Waals surface area contributed by atoms with Crippen LogP contribution in [-0.2, 0) is 6.54 Å². The first-order valence-electron chi connectivity index (χ1n) is 9.60. The van der Waals surface area contributed by atoms with E-state index in [9.17, 15) is 4.79 Å². The van der Waals surface area contributed by atoms with Crippen LogP contribution in [0.15, 0.2) is 77.8 Å². The fraction of sp³-hybridized carbons (Fsp3) is 0.250. The Bertz CT molecular complexity index is 942. The molecule has 1 amide bonds. The van der Waals surface area contributed by atoms with E-state index < -0.39 is 0 Å². The molecule has 4 nitrogen and oxygen atoms in total. The fourth-order valence-corrected chi connectivity index (χ4v) is 3.96. The summed E-state index contributed by atoms with van der Waals surface area (Å²) in [7, 11) is 5.65. The van der Waals surface area contributed by atoms with Gasteiger partial charge in [-0.05, 0) is 61.1 Å². The minimum absolute atomic E-state index is 0.0292. The van der Waals surface area contributed by atoms with E-state index in [-0.39, 0.29) is 11.3 Å². The topological polar surface area (TPSA) is 36.4 Å². The van der Waals surface area contributed by atoms with Crippen LogP contribution in [0.3, 0.4) is 0 Å². The highest BCUT2D eigenvalue weighted by molar-refractivity contribution is 8.13. The maximum absolute atomic E-state index is 12.0. The van der Waals surface area contributed by atoms with Crippen LogP contribution in [-0.4, -0.2) is 41.2 Å². The van der Waals surface area contributed by atoms with Crippen molar-refractivity contribution in [3.05, 3.63) is 95.3 Å². The van der Waals surface area contributed by atoms with Crippen molar-refractivity contribution in [2.24, 2.45) is 0 Å². The minimum Gasteiger partial charge on any atom is -0.339 e. The number of carbonyl (C=O) groups excluding carboxylic acids is 1. The Kier molecular flexibility index (Phi) is 7.07. The molecule has 0 aliphatic carbocycles. The van der Waals surface area contributed by atoms with Gasteiger partial charge in [0, 0.05) is 31.7 Å². The van der Waals surface area contributed by atoms with Crippen molar-refractivity contribution in [3.63, 3.8) is 0 Å². The number of benzene rings is 2. The molecule has 0 radical (unpaired) electrons. The second-order valence-electron chi connectivity index (χ2n) is 7.39. The first-order chi connectivity index (χ1) is 13.9. The molecule has 3 rings (SSSR count). The summed E-state index contributed by atoms with van der Waals surface area (Å²) in [6.45, 7) is 2.85. The van der Waals surface area contributed by atoms with Gasteiger partial charge in [-0.15, -0.1) is 0 Å². The molecule has 0 saturated heterocycles. The van der Waals surface area contributed by atoms with Crippen LogP contribution >= 0.6 is 11.8 Å². The van der Waals surface area contributed by atoms with Gasteiger partial charge in [0.05, 0.1) is 11.7 Å². The van der Waals surface area contributed by atoms with Gasteiger partial charge in [-0.2, -0.15) is 0 Å². The van der Waals surface area contributed by atoms with Crippen LogP contribution in [0, 0.1) is 6.92 Å². The van der Waals surface area contributed by atoms with Crippen LogP contribution in [0.1, 0.15) is 28.4 Å². The smallest absolute Gasteiger partial charge is 0.285 e. The average Bonchev–Trinajstić information content (AvgIpc) is 2.70. The Labute approximate surface area is 177 Å². The van der Waals surface area contributed by atoms with Gasteiger partial charge < -0.3 is 4.90 Å². The standard InChI is InChI=1S/C24H27N3OS/c1-18-11-13-20(14-12-18)23(22-10-5-6-15-25-22)27(4)17-19-8-7-9-21(16-19)29-24(28)26(2)3/h5-16,23H,17H2,1-4H3/t23-/m0/s1. The second-order valence-corrected chi connectivity index (χ2v) is 8.42. The normalized spacial score (nSPS) is 12.0. The molecule has 0 unspecified atom stereocenters. The van der Waals surface area contributed by atoms with E-state index >= 15 is 0 Å². The highest BCUT2D eigenvalue weighted by Gasteiger charge is 2.21. The number of hydrogen-bond acceptors (Lipinski definition) is 4. The zero-order valence-corrected chi connectivity index (χ0v) is 18.2. The predicted octanol–water partition coefficient (Wildman–Crippen LogP) is 5.39. The third-order valence-corrected chi connectivity index (χ3v) is 5.73. The van der Waals surface area contributed by atoms with E-state index in [1.54, 1.807) is 19.0 Å². The lowest BCUT2D eigenvalue weighted by Gasteiger charge is -2.28. The van der Waals surface area contributed by atoms with E-state index in [1.807, 2.05) is 30.5 Å². The molecular weight excluding hydrogens is 378 g/mol. The summed E-state index contributed by atoms with van der Waals surface area (Å²) in [6, 6.07) is 22.9. The van der Waals surface area contributed by atoms with Crippen molar-refractivity contribution in [2.45, 2.75) is 24.4 Å². The summed E-state index contributed by atoms with van der Waals surface area (Å²) >= 11 is 1.25. The van der Waals surface area contributed by atoms with Crippen LogP contribution in [0.25, 0.3) is 0 Å². The Morgan fingerprint density at radius 3 is 2.41 bits per heavy atom. The van der Waals surface area contributed by atoms with E-state index in [4.69, 9.17) is 0 Å². The number of pyridine rings is 1. The van der Waals surface area contributed by atoms with E-state index in [0.29, 0.717) is 0 Å². The fourth-order valence-electron chi connectivity index (χ4n) is 3.22. The maximum Gasteiger partial charge on any atom is 0.285 e. The number of amides is 1. The minimum atomic E-state index is 0.0292. The summed E-state index contributed by atoms with van der Waals surface area (Å²) in [5, 5.41) is 0.0292. The van der Waals surface area contributed by atoms with Crippen LogP contribution < -0.4 is 0 Å². The summed E-state index contributed by atoms with van der Waals surface area (Å²) in [5.74, 6) is 0. The van der Waals surface area contributed by atoms with Gasteiger partial charge in [0.15, 0.2) is 0 Å². The lowest BCUT2D eigenvalue weighted by atomic mass is 10.00. The van der Waals surface area contributed by atoms with Gasteiger partial charge in [-0.1, -0.05) is 48.0 Å². The number of nitrogens with zero attached hydrogens (tertiary/aromatic N) is 3. The van der Waals surface area contributed by atoms with Crippen molar-refractivity contribution >= 4 is 17.0 Å². The Hall–Kier alpha value is -2.63. The number of aromatic nitrogens is 1. The molecule has 0 N–H and O–H groups in total. The van der Waals surface area contributed by atoms with E-state index in [2.05, 4.69) is 66.3 Å². The molecule has 0 saturated carbocycles. The molecule has 0 spiro atoms. The third kappa shape index (κ3) is 5.68. The molecule has 2 aromatic carbocycles. The molecule has 0 bridgehead atoms. The van der Waals surface area contributed by atoms with Gasteiger partial charge in [0.2, 0.25) is 0 Å². The van der Waals surface area contributed by atoms with Crippen molar-refractivity contribution in [2.75, 3.05) is 21.1 Å². The van der Waals surface area contributed by atoms with Crippen molar-refractivity contribution in [3.8, 4) is 0 Å². The Morgan fingerprint density at radius 2 is 1.76 bits per heavy atom. The van der Waals surface area contributed by atoms with Crippen LogP contribution in [0.5, 0.6) is 0 Å². The monoisotopic (exact) mass is 405 g/mol. The Morgan fingerprint density at radius 1 is 1.00 bits per heavy atom. The molecule has 1 atom stereocenters. The molecule has 3 aromatic rings. The van der Waals surface area contributed by atoms with E-state index in [1.165, 1.54) is 22.9 Å². The van der Waals surface area contributed by atoms with E-state index in [0.717, 1.165) is 22.7 Å². The van der Waals surface area contributed by atoms with Crippen molar-refractivity contribution in [1.82, 2.24) is 14.8 Å². The highest BCUT2D eigenvalue weighted by Crippen LogP contribution is 2.29. The highest BCUT2D eigenvalue weighted by atomic mass is 32.2. The van der Waals surface area contributed by atoms with Crippen LogP contribution in [0.2, 0.25) is 0 Å². The van der Waals surface area contributed by atoms with Gasteiger partial charge in [0.25, 0.3) is 5.24 Å². The molecule has 150 valence electrons. The molecular formula is C24H27N3OS. The SMILES string of the molecule is Cc1ccc([C@@H](c2ccccn2)N(C)Cc2cccc(SC(=O)N(C)C)c2)cc1. The molecule has 29 heavy (non-hydrogen) atoms. The summed E-state index contributed by atoms with van der Waals surface area (Å²) in [6.07, 6.45) is 1.84. The van der Waals surface area contributed by atoms with Gasteiger partial charge in [0.1, 0.15) is 0 Å². The third-order valence-electron chi connectivity index (χ3n) is 4.70. The maximum atomic E-state index is 12.0. The van der Waals surface area contributed by atoms with Gasteiger partial charge >= 0.3 is 0 Å². The molecule has 1 aromatic heterocycles. The quantitative estimate of drug-likeness (QED) is 0.516. The first kappa shape index (κ1) is 21.1. The average molecular weight is 406 g/mol. The first-order valence-corrected chi connectivity index (χ1v) is 10.4. The van der Waals surface area contributed by atoms with Crippen LogP contribution in [0.4, 0.5) is 4.79 Å². The summed E-state index contributed by atoms with van der Waals surface area (Å²) in [4.78, 5) is 21.5. The second kappa shape index (κ2) is 9.72. The zero-order valence-electron chi connectivity index (χ0n) is 17.4. The summed E-state index contributed by atoms with van der Waals surface area (Å²) < 4.78 is 0. The van der Waals surface area contributed by atoms with Crippen molar-refractivity contribution < 1.29 is 4.79 Å². The Balaban J connectivity index is 1.84. The number of hydrogen-bond donors (Lipinski definition) is 0. The zero-order chi connectivity index (χ0) is 20.8.